The van der Waals surface area contributed by atoms with Crippen LogP contribution in [0.1, 0.15) is 5.56 Å². The van der Waals surface area contributed by atoms with E-state index >= 15 is 0 Å². The Kier molecular flexibility index (Phi) is 5.09. The molecule has 1 amide bonds. The molecule has 0 radical (unpaired) electrons. The van der Waals surface area contributed by atoms with E-state index in [1.807, 2.05) is 18.2 Å². The van der Waals surface area contributed by atoms with Gasteiger partial charge in [0.1, 0.15) is 11.3 Å². The summed E-state index contributed by atoms with van der Waals surface area (Å²) in [6.45, 7) is 2.73. The zero-order valence-corrected chi connectivity index (χ0v) is 12.7. The molecule has 1 aliphatic heterocycles. The van der Waals surface area contributed by atoms with Crippen LogP contribution in [-0.4, -0.2) is 32.7 Å². The number of rotatable bonds is 5. The summed E-state index contributed by atoms with van der Waals surface area (Å²) in [5.41, 5.74) is 1.65. The van der Waals surface area contributed by atoms with Gasteiger partial charge in [-0.15, -0.1) is 12.4 Å². The molecule has 0 aliphatic carbocycles. The second-order valence-electron chi connectivity index (χ2n) is 5.13. The number of methoxy groups -OCH3 is 1. The van der Waals surface area contributed by atoms with Crippen molar-refractivity contribution >= 4 is 29.3 Å². The number of carbonyl (C=O) groups excluding carboxylic acids is 1. The number of halogens is 1. The monoisotopic (exact) mass is 310 g/mol. The second-order valence-corrected chi connectivity index (χ2v) is 5.13. The van der Waals surface area contributed by atoms with Crippen molar-refractivity contribution in [3.05, 3.63) is 30.0 Å². The van der Waals surface area contributed by atoms with Crippen LogP contribution in [0.4, 0.5) is 0 Å². The summed E-state index contributed by atoms with van der Waals surface area (Å²) in [4.78, 5) is 11.9. The summed E-state index contributed by atoms with van der Waals surface area (Å²) in [6, 6.07) is 5.63. The number of furan rings is 1. The molecule has 0 unspecified atom stereocenters. The Morgan fingerprint density at radius 1 is 1.48 bits per heavy atom. The maximum Gasteiger partial charge on any atom is 0.224 e. The van der Waals surface area contributed by atoms with Crippen molar-refractivity contribution in [1.82, 2.24) is 10.6 Å². The molecular formula is C15H19ClN2O3. The Hall–Kier alpha value is -1.72. The van der Waals surface area contributed by atoms with E-state index in [0.29, 0.717) is 12.3 Å². The third-order valence-electron chi connectivity index (χ3n) is 3.67. The van der Waals surface area contributed by atoms with Gasteiger partial charge in [-0.05, 0) is 12.1 Å². The van der Waals surface area contributed by atoms with Crippen molar-refractivity contribution in [2.45, 2.75) is 6.42 Å². The van der Waals surface area contributed by atoms with Gasteiger partial charge in [-0.3, -0.25) is 4.79 Å². The lowest BCUT2D eigenvalue weighted by atomic mass is 10.0. The van der Waals surface area contributed by atoms with Crippen molar-refractivity contribution in [1.29, 1.82) is 0 Å². The molecule has 0 bridgehead atoms. The van der Waals surface area contributed by atoms with E-state index in [1.165, 1.54) is 0 Å². The smallest absolute Gasteiger partial charge is 0.224 e. The number of hydrogen-bond acceptors (Lipinski definition) is 4. The molecule has 3 rings (SSSR count). The van der Waals surface area contributed by atoms with Crippen LogP contribution in [0.15, 0.2) is 28.9 Å². The van der Waals surface area contributed by atoms with Gasteiger partial charge < -0.3 is 19.8 Å². The van der Waals surface area contributed by atoms with E-state index in [0.717, 1.165) is 41.9 Å². The number of fused-ring (bicyclic) bond motifs is 1. The molecule has 2 aromatic rings. The van der Waals surface area contributed by atoms with Crippen LogP contribution in [0.3, 0.4) is 0 Å². The Morgan fingerprint density at radius 3 is 2.95 bits per heavy atom. The predicted molar refractivity (Wildman–Crippen MR) is 83.1 cm³/mol. The molecule has 5 nitrogen and oxygen atoms in total. The van der Waals surface area contributed by atoms with Crippen molar-refractivity contribution < 1.29 is 13.9 Å². The van der Waals surface area contributed by atoms with Crippen molar-refractivity contribution in [3.63, 3.8) is 0 Å². The zero-order valence-electron chi connectivity index (χ0n) is 11.8. The molecule has 1 aromatic heterocycles. The fourth-order valence-electron chi connectivity index (χ4n) is 2.31. The van der Waals surface area contributed by atoms with Gasteiger partial charge in [-0.1, -0.05) is 0 Å². The van der Waals surface area contributed by atoms with Crippen molar-refractivity contribution in [2.75, 3.05) is 26.7 Å². The van der Waals surface area contributed by atoms with E-state index < -0.39 is 0 Å². The molecule has 2 N–H and O–H groups in total. The molecule has 21 heavy (non-hydrogen) atoms. The zero-order chi connectivity index (χ0) is 13.9. The van der Waals surface area contributed by atoms with E-state index in [9.17, 15) is 4.79 Å². The summed E-state index contributed by atoms with van der Waals surface area (Å²) in [6.07, 6.45) is 1.99. The third-order valence-corrected chi connectivity index (χ3v) is 3.67. The van der Waals surface area contributed by atoms with E-state index in [4.69, 9.17) is 9.15 Å². The quantitative estimate of drug-likeness (QED) is 0.883. The highest BCUT2D eigenvalue weighted by Crippen LogP contribution is 2.25. The second kappa shape index (κ2) is 6.83. The van der Waals surface area contributed by atoms with Crippen LogP contribution in [0, 0.1) is 5.92 Å². The largest absolute Gasteiger partial charge is 0.497 e. The Balaban J connectivity index is 0.00000161. The number of nitrogens with one attached hydrogen (secondary N) is 2. The van der Waals surface area contributed by atoms with Crippen LogP contribution in [0.25, 0.3) is 11.0 Å². The van der Waals surface area contributed by atoms with Gasteiger partial charge in [-0.25, -0.2) is 0 Å². The number of hydrogen-bond donors (Lipinski definition) is 2. The van der Waals surface area contributed by atoms with Gasteiger partial charge in [0, 0.05) is 42.6 Å². The number of carbonyl (C=O) groups is 1. The summed E-state index contributed by atoms with van der Waals surface area (Å²) in [5.74, 6) is 1.36. The first-order valence-electron chi connectivity index (χ1n) is 6.78. The molecular weight excluding hydrogens is 292 g/mol. The highest BCUT2D eigenvalue weighted by molar-refractivity contribution is 5.88. The van der Waals surface area contributed by atoms with E-state index in [-0.39, 0.29) is 18.3 Å². The first kappa shape index (κ1) is 15.7. The maximum atomic E-state index is 11.9. The Labute approximate surface area is 129 Å². The summed E-state index contributed by atoms with van der Waals surface area (Å²) >= 11 is 0. The molecule has 1 saturated heterocycles. The molecule has 0 spiro atoms. The normalized spacial score (nSPS) is 14.3. The minimum absolute atomic E-state index is 0. The summed E-state index contributed by atoms with van der Waals surface area (Å²) in [5, 5.41) is 7.12. The van der Waals surface area contributed by atoms with Crippen LogP contribution in [0.2, 0.25) is 0 Å². The molecule has 0 atom stereocenters. The minimum Gasteiger partial charge on any atom is -0.497 e. The van der Waals surface area contributed by atoms with Gasteiger partial charge in [0.05, 0.1) is 19.8 Å². The molecule has 1 aromatic carbocycles. The molecule has 2 heterocycles. The lowest BCUT2D eigenvalue weighted by molar-refractivity contribution is -0.120. The number of ether oxygens (including phenoxy) is 1. The van der Waals surface area contributed by atoms with Crippen LogP contribution < -0.4 is 15.4 Å². The topological polar surface area (TPSA) is 63.5 Å². The van der Waals surface area contributed by atoms with E-state index in [2.05, 4.69) is 10.6 Å². The Morgan fingerprint density at radius 2 is 2.29 bits per heavy atom. The van der Waals surface area contributed by atoms with Gasteiger partial charge in [0.25, 0.3) is 0 Å². The lowest BCUT2D eigenvalue weighted by Crippen LogP contribution is -2.48. The summed E-state index contributed by atoms with van der Waals surface area (Å²) in [7, 11) is 1.62. The number of benzene rings is 1. The SMILES string of the molecule is COc1ccc2c(CC(=O)NCC3CNC3)coc2c1.Cl. The third kappa shape index (κ3) is 3.49. The lowest BCUT2D eigenvalue weighted by Gasteiger charge is -2.27. The van der Waals surface area contributed by atoms with Gasteiger partial charge in [-0.2, -0.15) is 0 Å². The van der Waals surface area contributed by atoms with Crippen LogP contribution >= 0.6 is 12.4 Å². The van der Waals surface area contributed by atoms with Gasteiger partial charge >= 0.3 is 0 Å². The van der Waals surface area contributed by atoms with Crippen molar-refractivity contribution in [3.8, 4) is 5.75 Å². The molecule has 114 valence electrons. The van der Waals surface area contributed by atoms with Crippen molar-refractivity contribution in [2.24, 2.45) is 5.92 Å². The average molecular weight is 311 g/mol. The van der Waals surface area contributed by atoms with Crippen LogP contribution in [-0.2, 0) is 11.2 Å². The molecule has 1 aliphatic rings. The standard InChI is InChI=1S/C15H18N2O3.ClH/c1-19-12-2-3-13-11(9-20-14(13)5-12)4-15(18)17-8-10-6-16-7-10;/h2-3,5,9-10,16H,4,6-8H2,1H3,(H,17,18);1H. The highest BCUT2D eigenvalue weighted by atomic mass is 35.5. The first-order valence-corrected chi connectivity index (χ1v) is 6.78. The molecule has 0 saturated carbocycles. The number of amides is 1. The average Bonchev–Trinajstić information content (AvgIpc) is 2.79. The maximum absolute atomic E-state index is 11.9. The summed E-state index contributed by atoms with van der Waals surface area (Å²) < 4.78 is 10.6. The first-order chi connectivity index (χ1) is 9.76. The molecule has 6 heteroatoms. The van der Waals surface area contributed by atoms with Gasteiger partial charge in [0.15, 0.2) is 0 Å². The fourth-order valence-corrected chi connectivity index (χ4v) is 2.31. The highest BCUT2D eigenvalue weighted by Gasteiger charge is 2.18. The molecule has 1 fully saturated rings. The van der Waals surface area contributed by atoms with Crippen LogP contribution in [0.5, 0.6) is 5.75 Å². The fraction of sp³-hybridized carbons (Fsp3) is 0.400. The predicted octanol–water partition coefficient (Wildman–Crippen LogP) is 1.74. The van der Waals surface area contributed by atoms with E-state index in [1.54, 1.807) is 13.4 Å². The van der Waals surface area contributed by atoms with Gasteiger partial charge in [0.2, 0.25) is 5.91 Å². The minimum atomic E-state index is 0. The Bertz CT molecular complexity index is 622.